The molecule has 1 fully saturated rings. The maximum Gasteiger partial charge on any atom is 0.246 e. The van der Waals surface area contributed by atoms with Crippen LogP contribution in [0.3, 0.4) is 0 Å². The molecule has 1 saturated carbocycles. The van der Waals surface area contributed by atoms with Crippen LogP contribution in [-0.2, 0) is 4.79 Å². The van der Waals surface area contributed by atoms with Gasteiger partial charge in [-0.2, -0.15) is 0 Å². The van der Waals surface area contributed by atoms with Crippen molar-refractivity contribution < 1.29 is 9.53 Å². The van der Waals surface area contributed by atoms with Gasteiger partial charge in [0.2, 0.25) is 5.91 Å². The Kier molecular flexibility index (Phi) is 6.88. The number of hydrogen-bond acceptors (Lipinski definition) is 3. The van der Waals surface area contributed by atoms with Crippen molar-refractivity contribution in [3.63, 3.8) is 0 Å². The van der Waals surface area contributed by atoms with Crippen LogP contribution in [0.25, 0.3) is 0 Å². The van der Waals surface area contributed by atoms with Crippen molar-refractivity contribution in [1.82, 2.24) is 5.32 Å². The summed E-state index contributed by atoms with van der Waals surface area (Å²) in [5, 5.41) is 6.71. The van der Waals surface area contributed by atoms with Crippen LogP contribution in [-0.4, -0.2) is 19.1 Å². The molecule has 0 spiro atoms. The number of anilines is 1. The van der Waals surface area contributed by atoms with Gasteiger partial charge in [0.05, 0.1) is 12.8 Å². The minimum absolute atomic E-state index is 0.0469. The molecule has 1 atom stereocenters. The lowest BCUT2D eigenvalue weighted by Gasteiger charge is -2.25. The molecule has 2 N–H and O–H groups in total. The molecule has 0 heterocycles. The fourth-order valence-electron chi connectivity index (χ4n) is 3.77. The summed E-state index contributed by atoms with van der Waals surface area (Å²) in [6.45, 7) is 2.01. The minimum Gasteiger partial charge on any atom is -0.495 e. The zero-order valence-electron chi connectivity index (χ0n) is 16.3. The van der Waals surface area contributed by atoms with Crippen LogP contribution in [0.2, 0.25) is 0 Å². The summed E-state index contributed by atoms with van der Waals surface area (Å²) in [6, 6.07) is 15.8. The number of amides is 1. The molecule has 4 nitrogen and oxygen atoms in total. The summed E-state index contributed by atoms with van der Waals surface area (Å²) in [5.41, 5.74) is 2.79. The lowest BCUT2D eigenvalue weighted by Crippen LogP contribution is -2.39. The Balaban J connectivity index is 1.81. The quantitative estimate of drug-likeness (QED) is 0.708. The summed E-state index contributed by atoms with van der Waals surface area (Å²) < 4.78 is 5.42. The van der Waals surface area contributed by atoms with E-state index in [9.17, 15) is 4.79 Å². The van der Waals surface area contributed by atoms with Gasteiger partial charge in [-0.05, 0) is 43.0 Å². The molecule has 1 aliphatic carbocycles. The van der Waals surface area contributed by atoms with E-state index in [-0.39, 0.29) is 11.9 Å². The first-order chi connectivity index (χ1) is 13.2. The van der Waals surface area contributed by atoms with E-state index in [0.717, 1.165) is 24.0 Å². The van der Waals surface area contributed by atoms with Crippen LogP contribution < -0.4 is 15.4 Å². The highest BCUT2D eigenvalue weighted by atomic mass is 16.5. The molecule has 0 radical (unpaired) electrons. The Morgan fingerprint density at radius 2 is 1.74 bits per heavy atom. The lowest BCUT2D eigenvalue weighted by atomic mass is 10.0. The Labute approximate surface area is 162 Å². The highest BCUT2D eigenvalue weighted by Crippen LogP contribution is 2.27. The van der Waals surface area contributed by atoms with Crippen molar-refractivity contribution >= 4 is 11.6 Å². The molecule has 0 saturated heterocycles. The molecular weight excluding hydrogens is 336 g/mol. The summed E-state index contributed by atoms with van der Waals surface area (Å²) in [4.78, 5) is 13.2. The van der Waals surface area contributed by atoms with Crippen LogP contribution in [0, 0.1) is 6.92 Å². The van der Waals surface area contributed by atoms with Gasteiger partial charge < -0.3 is 10.1 Å². The van der Waals surface area contributed by atoms with Gasteiger partial charge >= 0.3 is 0 Å². The van der Waals surface area contributed by atoms with E-state index in [1.54, 1.807) is 7.11 Å². The topological polar surface area (TPSA) is 50.4 Å². The molecule has 144 valence electrons. The van der Waals surface area contributed by atoms with E-state index >= 15 is 0 Å². The fraction of sp³-hybridized carbons (Fsp3) is 0.435. The number of hydrogen-bond donors (Lipinski definition) is 2. The van der Waals surface area contributed by atoms with E-state index in [1.807, 2.05) is 55.5 Å². The largest absolute Gasteiger partial charge is 0.495 e. The number of nitrogens with one attached hydrogen (secondary N) is 2. The Morgan fingerprint density at radius 3 is 2.41 bits per heavy atom. The SMILES string of the molecule is COc1ccc(C)cc1NC(=O)[C@@H](NC1CCCCCC1)c1ccccc1. The van der Waals surface area contributed by atoms with Crippen LogP contribution in [0.15, 0.2) is 48.5 Å². The number of carbonyl (C=O) groups excluding carboxylic acids is 1. The molecule has 0 aliphatic heterocycles. The van der Waals surface area contributed by atoms with Gasteiger partial charge in [-0.25, -0.2) is 0 Å². The van der Waals surface area contributed by atoms with Gasteiger partial charge in [0.15, 0.2) is 0 Å². The maximum atomic E-state index is 13.2. The first kappa shape index (κ1) is 19.4. The number of rotatable bonds is 6. The molecule has 0 unspecified atom stereocenters. The Hall–Kier alpha value is -2.33. The van der Waals surface area contributed by atoms with Crippen LogP contribution in [0.1, 0.15) is 55.7 Å². The van der Waals surface area contributed by atoms with E-state index in [0.29, 0.717) is 17.5 Å². The molecular formula is C23H30N2O2. The van der Waals surface area contributed by atoms with Gasteiger partial charge in [-0.15, -0.1) is 0 Å². The van der Waals surface area contributed by atoms with E-state index in [4.69, 9.17) is 4.74 Å². The number of methoxy groups -OCH3 is 1. The van der Waals surface area contributed by atoms with E-state index < -0.39 is 0 Å². The molecule has 3 rings (SSSR count). The lowest BCUT2D eigenvalue weighted by molar-refractivity contribution is -0.118. The van der Waals surface area contributed by atoms with E-state index in [1.165, 1.54) is 25.7 Å². The normalized spacial score (nSPS) is 16.4. The van der Waals surface area contributed by atoms with Gasteiger partial charge in [-0.1, -0.05) is 62.1 Å². The standard InChI is InChI=1S/C23H30N2O2/c1-17-14-15-21(27-2)20(16-17)25-23(26)22(18-10-6-5-7-11-18)24-19-12-8-3-4-9-13-19/h5-7,10-11,14-16,19,22,24H,3-4,8-9,12-13H2,1-2H3,(H,25,26)/t22-/m0/s1. The van der Waals surface area contributed by atoms with Crippen LogP contribution in [0.4, 0.5) is 5.69 Å². The van der Waals surface area contributed by atoms with Crippen LogP contribution >= 0.6 is 0 Å². The summed E-state index contributed by atoms with van der Waals surface area (Å²) in [6.07, 6.45) is 7.30. The smallest absolute Gasteiger partial charge is 0.246 e. The zero-order valence-corrected chi connectivity index (χ0v) is 16.3. The second kappa shape index (κ2) is 9.56. The Bertz CT molecular complexity index is 737. The molecule has 1 amide bonds. The summed E-state index contributed by atoms with van der Waals surface area (Å²) >= 11 is 0. The number of aryl methyl sites for hydroxylation is 1. The molecule has 2 aromatic carbocycles. The van der Waals surface area contributed by atoms with Crippen molar-refractivity contribution in [2.24, 2.45) is 0 Å². The number of carbonyl (C=O) groups is 1. The second-order valence-electron chi connectivity index (χ2n) is 7.39. The first-order valence-electron chi connectivity index (χ1n) is 9.94. The summed E-state index contributed by atoms with van der Waals surface area (Å²) in [5.74, 6) is 0.629. The number of ether oxygens (including phenoxy) is 1. The predicted octanol–water partition coefficient (Wildman–Crippen LogP) is 5.00. The van der Waals surface area contributed by atoms with Crippen molar-refractivity contribution in [2.45, 2.75) is 57.5 Å². The first-order valence-corrected chi connectivity index (χ1v) is 9.94. The zero-order chi connectivity index (χ0) is 19.1. The maximum absolute atomic E-state index is 13.2. The van der Waals surface area contributed by atoms with Crippen molar-refractivity contribution in [2.75, 3.05) is 12.4 Å². The third-order valence-corrected chi connectivity index (χ3v) is 5.27. The van der Waals surface area contributed by atoms with Gasteiger partial charge in [-0.3, -0.25) is 10.1 Å². The Morgan fingerprint density at radius 1 is 1.04 bits per heavy atom. The number of benzene rings is 2. The predicted molar refractivity (Wildman–Crippen MR) is 110 cm³/mol. The van der Waals surface area contributed by atoms with Gasteiger partial charge in [0.1, 0.15) is 11.8 Å². The molecule has 0 aromatic heterocycles. The highest BCUT2D eigenvalue weighted by Gasteiger charge is 2.25. The van der Waals surface area contributed by atoms with Crippen LogP contribution in [0.5, 0.6) is 5.75 Å². The van der Waals surface area contributed by atoms with Crippen molar-refractivity contribution in [3.8, 4) is 5.75 Å². The van der Waals surface area contributed by atoms with Gasteiger partial charge in [0.25, 0.3) is 0 Å². The third-order valence-electron chi connectivity index (χ3n) is 5.27. The average molecular weight is 367 g/mol. The third kappa shape index (κ3) is 5.33. The molecule has 2 aromatic rings. The van der Waals surface area contributed by atoms with Gasteiger partial charge in [0, 0.05) is 6.04 Å². The molecule has 4 heteroatoms. The van der Waals surface area contributed by atoms with Crippen molar-refractivity contribution in [1.29, 1.82) is 0 Å². The molecule has 0 bridgehead atoms. The van der Waals surface area contributed by atoms with Crippen molar-refractivity contribution in [3.05, 3.63) is 59.7 Å². The highest BCUT2D eigenvalue weighted by molar-refractivity contribution is 5.96. The van der Waals surface area contributed by atoms with E-state index in [2.05, 4.69) is 10.6 Å². The summed E-state index contributed by atoms with van der Waals surface area (Å²) in [7, 11) is 1.62. The monoisotopic (exact) mass is 366 g/mol. The second-order valence-corrected chi connectivity index (χ2v) is 7.39. The fourth-order valence-corrected chi connectivity index (χ4v) is 3.77. The molecule has 27 heavy (non-hydrogen) atoms. The molecule has 1 aliphatic rings. The minimum atomic E-state index is -0.375. The average Bonchev–Trinajstić information content (AvgIpc) is 2.95.